The lowest BCUT2D eigenvalue weighted by Gasteiger charge is -2.37. The summed E-state index contributed by atoms with van der Waals surface area (Å²) in [5, 5.41) is 16.7. The van der Waals surface area contributed by atoms with E-state index in [0.29, 0.717) is 5.69 Å². The topological polar surface area (TPSA) is 99.0 Å². The zero-order valence-electron chi connectivity index (χ0n) is 17.2. The Morgan fingerprint density at radius 1 is 0.968 bits per heavy atom. The van der Waals surface area contributed by atoms with Crippen molar-refractivity contribution in [3.63, 3.8) is 0 Å². The molecule has 0 atom stereocenters. The molecule has 2 aromatic carbocycles. The first-order valence-electron chi connectivity index (χ1n) is 10.2. The molecule has 1 aliphatic rings. The molecule has 0 saturated carbocycles. The summed E-state index contributed by atoms with van der Waals surface area (Å²) in [7, 11) is 1.65. The lowest BCUT2D eigenvalue weighted by Crippen LogP contribution is -2.70. The minimum atomic E-state index is 0.643. The fourth-order valence-electron chi connectivity index (χ4n) is 4.03. The van der Waals surface area contributed by atoms with Crippen LogP contribution in [-0.4, -0.2) is 53.0 Å². The fourth-order valence-corrected chi connectivity index (χ4v) is 4.03. The minimum absolute atomic E-state index is 0.643. The van der Waals surface area contributed by atoms with E-state index in [0.717, 1.165) is 65.6 Å². The van der Waals surface area contributed by atoms with E-state index in [9.17, 15) is 5.21 Å². The molecule has 0 aliphatic carbocycles. The highest BCUT2D eigenvalue weighted by molar-refractivity contribution is 5.87. The second-order valence-corrected chi connectivity index (χ2v) is 7.35. The number of nitrogens with zero attached hydrogens (tertiary/aromatic N) is 6. The van der Waals surface area contributed by atoms with Crippen molar-refractivity contribution in [2.24, 2.45) is 0 Å². The lowest BCUT2D eigenvalue weighted by atomic mass is 10.2. The first-order valence-corrected chi connectivity index (χ1v) is 10.2. The quantitative estimate of drug-likeness (QED) is 0.391. The second-order valence-electron chi connectivity index (χ2n) is 7.35. The summed E-state index contributed by atoms with van der Waals surface area (Å²) in [6.45, 7) is 3.15. The van der Waals surface area contributed by atoms with Gasteiger partial charge in [0.05, 0.1) is 30.1 Å². The smallest absolute Gasteiger partial charge is 0.168 e. The van der Waals surface area contributed by atoms with E-state index in [-0.39, 0.29) is 0 Å². The first-order chi connectivity index (χ1) is 15.3. The Balaban J connectivity index is 1.40. The number of ether oxygens (including phenoxy) is 1. The van der Waals surface area contributed by atoms with Crippen LogP contribution < -0.4 is 20.0 Å². The van der Waals surface area contributed by atoms with Crippen LogP contribution in [0.2, 0.25) is 0 Å². The first kappa shape index (κ1) is 19.3. The van der Waals surface area contributed by atoms with Crippen LogP contribution in [0.15, 0.2) is 61.1 Å². The number of methoxy groups -OCH3 is 1. The molecule has 0 unspecified atom stereocenters. The van der Waals surface area contributed by atoms with Gasteiger partial charge in [0.1, 0.15) is 23.6 Å². The number of piperazine rings is 1. The number of benzene rings is 2. The van der Waals surface area contributed by atoms with E-state index in [4.69, 9.17) is 4.74 Å². The molecule has 9 nitrogen and oxygen atoms in total. The fraction of sp³-hybridized carbons (Fsp3) is 0.227. The van der Waals surface area contributed by atoms with Gasteiger partial charge in [-0.25, -0.2) is 14.6 Å². The Bertz CT molecular complexity index is 1190. The van der Waals surface area contributed by atoms with Crippen molar-refractivity contribution in [3.8, 4) is 11.4 Å². The van der Waals surface area contributed by atoms with Crippen LogP contribution in [0.25, 0.3) is 16.7 Å². The third-order valence-electron chi connectivity index (χ3n) is 5.60. The molecule has 3 heterocycles. The summed E-state index contributed by atoms with van der Waals surface area (Å²) in [5.41, 5.74) is 4.20. The number of aromatic nitrogens is 4. The van der Waals surface area contributed by atoms with E-state index in [2.05, 4.69) is 24.9 Å². The number of quaternary nitrogens is 1. The number of hydrogen-bond donors (Lipinski definition) is 1. The number of anilines is 2. The maximum Gasteiger partial charge on any atom is 0.168 e. The predicted octanol–water partition coefficient (Wildman–Crippen LogP) is 1.84. The Hall–Kier alpha value is -3.69. The zero-order valence-corrected chi connectivity index (χ0v) is 17.2. The molecule has 2 aromatic heterocycles. The molecule has 4 aromatic rings. The third-order valence-corrected chi connectivity index (χ3v) is 5.60. The molecule has 2 N–H and O–H groups in total. The van der Waals surface area contributed by atoms with Gasteiger partial charge < -0.3 is 25.2 Å². The van der Waals surface area contributed by atoms with E-state index in [1.807, 2.05) is 53.3 Å². The standard InChI is InChI=1S/C22H23N7O2/c1-31-20-8-7-16(26-30)13-19(20)27-9-11-28(12-10-27)21-18-14-25-29(22(18)24-15-23-21)17-5-3-2-4-6-17/h2-8,13-15H,9-12,26H2,1H3. The minimum Gasteiger partial charge on any atom is -0.630 e. The summed E-state index contributed by atoms with van der Waals surface area (Å²) in [6.07, 6.45) is 3.43. The average molecular weight is 417 g/mol. The SMILES string of the molecule is COc1ccc([NH2+][O-])cc1N1CCN(c2ncnc3c2cnn3-c2ccccc2)CC1. The molecular weight excluding hydrogens is 394 g/mol. The van der Waals surface area contributed by atoms with Crippen LogP contribution in [0.1, 0.15) is 0 Å². The molecule has 0 spiro atoms. The summed E-state index contributed by atoms with van der Waals surface area (Å²) < 4.78 is 7.35. The number of para-hydroxylation sites is 1. The van der Waals surface area contributed by atoms with Crippen LogP contribution >= 0.6 is 0 Å². The molecule has 0 radical (unpaired) electrons. The van der Waals surface area contributed by atoms with Crippen molar-refractivity contribution >= 4 is 28.2 Å². The highest BCUT2D eigenvalue weighted by Crippen LogP contribution is 2.32. The lowest BCUT2D eigenvalue weighted by molar-refractivity contribution is -0.497. The molecule has 31 heavy (non-hydrogen) atoms. The van der Waals surface area contributed by atoms with Crippen molar-refractivity contribution in [2.45, 2.75) is 0 Å². The van der Waals surface area contributed by atoms with E-state index in [1.165, 1.54) is 0 Å². The van der Waals surface area contributed by atoms with E-state index >= 15 is 0 Å². The summed E-state index contributed by atoms with van der Waals surface area (Å²) in [5.74, 6) is 1.66. The Kier molecular flexibility index (Phi) is 5.11. The monoisotopic (exact) mass is 417 g/mol. The predicted molar refractivity (Wildman–Crippen MR) is 119 cm³/mol. The number of hydrogen-bond acceptors (Lipinski definition) is 7. The highest BCUT2D eigenvalue weighted by Gasteiger charge is 2.23. The molecule has 5 rings (SSSR count). The highest BCUT2D eigenvalue weighted by atomic mass is 16.5. The van der Waals surface area contributed by atoms with Gasteiger partial charge in [-0.05, 0) is 18.2 Å². The van der Waals surface area contributed by atoms with Gasteiger partial charge in [0.15, 0.2) is 5.65 Å². The van der Waals surface area contributed by atoms with Crippen molar-refractivity contribution < 1.29 is 10.2 Å². The molecule has 1 saturated heterocycles. The number of rotatable bonds is 5. The molecular formula is C22H23N7O2. The zero-order chi connectivity index (χ0) is 21.2. The molecule has 1 aliphatic heterocycles. The second kappa shape index (κ2) is 8.21. The molecule has 1 fully saturated rings. The van der Waals surface area contributed by atoms with E-state index in [1.54, 1.807) is 19.5 Å². The largest absolute Gasteiger partial charge is 0.630 e. The van der Waals surface area contributed by atoms with Crippen LogP contribution in [0, 0.1) is 5.21 Å². The van der Waals surface area contributed by atoms with Gasteiger partial charge in [-0.2, -0.15) is 5.10 Å². The maximum atomic E-state index is 11.2. The number of nitrogens with two attached hydrogens (primary N) is 1. The average Bonchev–Trinajstić information content (AvgIpc) is 3.29. The Labute approximate surface area is 179 Å². The number of fused-ring (bicyclic) bond motifs is 1. The molecule has 158 valence electrons. The van der Waals surface area contributed by atoms with Crippen molar-refractivity contribution in [3.05, 3.63) is 66.3 Å². The van der Waals surface area contributed by atoms with Crippen LogP contribution in [-0.2, 0) is 0 Å². The summed E-state index contributed by atoms with van der Waals surface area (Å²) in [4.78, 5) is 13.6. The summed E-state index contributed by atoms with van der Waals surface area (Å²) >= 11 is 0. The van der Waals surface area contributed by atoms with Gasteiger partial charge in [-0.1, -0.05) is 18.2 Å². The van der Waals surface area contributed by atoms with Crippen molar-refractivity contribution in [1.82, 2.24) is 19.7 Å². The van der Waals surface area contributed by atoms with Crippen LogP contribution in [0.5, 0.6) is 5.75 Å². The normalized spacial score (nSPS) is 14.3. The third kappa shape index (κ3) is 3.54. The van der Waals surface area contributed by atoms with Gasteiger partial charge >= 0.3 is 0 Å². The van der Waals surface area contributed by atoms with Gasteiger partial charge in [-0.3, -0.25) is 0 Å². The molecule has 0 amide bonds. The van der Waals surface area contributed by atoms with E-state index < -0.39 is 0 Å². The van der Waals surface area contributed by atoms with Crippen LogP contribution in [0.4, 0.5) is 17.2 Å². The van der Waals surface area contributed by atoms with Gasteiger partial charge in [0.2, 0.25) is 0 Å². The van der Waals surface area contributed by atoms with Gasteiger partial charge in [-0.15, -0.1) is 0 Å². The maximum absolute atomic E-state index is 11.2. The molecule has 9 heteroatoms. The Morgan fingerprint density at radius 3 is 2.48 bits per heavy atom. The Morgan fingerprint density at radius 2 is 1.74 bits per heavy atom. The molecule has 0 bridgehead atoms. The summed E-state index contributed by atoms with van der Waals surface area (Å²) in [6, 6.07) is 15.5. The van der Waals surface area contributed by atoms with Crippen LogP contribution in [0.3, 0.4) is 0 Å². The van der Waals surface area contributed by atoms with Gasteiger partial charge in [0, 0.05) is 38.3 Å². The van der Waals surface area contributed by atoms with Crippen molar-refractivity contribution in [1.29, 1.82) is 0 Å². The van der Waals surface area contributed by atoms with Crippen molar-refractivity contribution in [2.75, 3.05) is 43.1 Å². The van der Waals surface area contributed by atoms with Gasteiger partial charge in [0.25, 0.3) is 0 Å².